The Bertz CT molecular complexity index is 261. The van der Waals surface area contributed by atoms with Crippen LogP contribution in [-0.2, 0) is 19.1 Å². The van der Waals surface area contributed by atoms with Crippen LogP contribution in [0, 0.1) is 0 Å². The molecule has 0 fully saturated rings. The quantitative estimate of drug-likeness (QED) is 0.319. The molecule has 0 saturated heterocycles. The highest BCUT2D eigenvalue weighted by molar-refractivity contribution is 6.28. The van der Waals surface area contributed by atoms with Crippen LogP contribution < -0.4 is 0 Å². The van der Waals surface area contributed by atoms with Gasteiger partial charge in [0.15, 0.2) is 0 Å². The van der Waals surface area contributed by atoms with E-state index < -0.39 is 0 Å². The van der Waals surface area contributed by atoms with Crippen molar-refractivity contribution >= 4 is 58.3 Å². The average Bonchev–Trinajstić information content (AvgIpc) is 2.46. The molecule has 0 aliphatic heterocycles. The number of unbranched alkanes of at least 4 members (excludes halogenated alkanes) is 1. The summed E-state index contributed by atoms with van der Waals surface area (Å²) >= 11 is 22.3. The number of alkyl halides is 4. The van der Waals surface area contributed by atoms with Crippen LogP contribution in [0.4, 0.5) is 0 Å². The van der Waals surface area contributed by atoms with Crippen molar-refractivity contribution in [3.63, 3.8) is 0 Å². The molecule has 0 aliphatic rings. The van der Waals surface area contributed by atoms with Crippen molar-refractivity contribution < 1.29 is 19.1 Å². The van der Waals surface area contributed by atoms with Gasteiger partial charge in [-0.1, -0.05) is 0 Å². The van der Waals surface area contributed by atoms with Gasteiger partial charge in [-0.3, -0.25) is 9.59 Å². The van der Waals surface area contributed by atoms with Crippen LogP contribution in [0.3, 0.4) is 0 Å². The zero-order valence-corrected chi connectivity index (χ0v) is 14.0. The highest BCUT2D eigenvalue weighted by Gasteiger charge is 2.10. The Morgan fingerprint density at radius 2 is 1.15 bits per heavy atom. The van der Waals surface area contributed by atoms with Crippen LogP contribution in [0.5, 0.6) is 0 Å². The Balaban J connectivity index is 3.51. The summed E-state index contributed by atoms with van der Waals surface area (Å²) in [5.74, 6) is -0.246. The second kappa shape index (κ2) is 12.8. The molecule has 0 saturated carbocycles. The summed E-state index contributed by atoms with van der Waals surface area (Å²) < 4.78 is 9.78. The average molecular weight is 368 g/mol. The van der Waals surface area contributed by atoms with E-state index in [0.717, 1.165) is 0 Å². The summed E-state index contributed by atoms with van der Waals surface area (Å²) in [4.78, 5) is 22.6. The van der Waals surface area contributed by atoms with Gasteiger partial charge < -0.3 is 9.47 Å². The molecule has 0 spiro atoms. The zero-order chi connectivity index (χ0) is 15.4. The number of hydrogen-bond acceptors (Lipinski definition) is 4. The first kappa shape index (κ1) is 20.1. The molecule has 20 heavy (non-hydrogen) atoms. The van der Waals surface area contributed by atoms with Crippen molar-refractivity contribution in [2.24, 2.45) is 0 Å². The van der Waals surface area contributed by atoms with E-state index in [-0.39, 0.29) is 60.5 Å². The second-order valence-electron chi connectivity index (χ2n) is 4.08. The predicted molar refractivity (Wildman–Crippen MR) is 81.1 cm³/mol. The molecule has 0 aromatic rings. The fourth-order valence-electron chi connectivity index (χ4n) is 1.14. The molecule has 0 bridgehead atoms. The fourth-order valence-corrected chi connectivity index (χ4v) is 1.44. The van der Waals surface area contributed by atoms with E-state index >= 15 is 0 Å². The molecular formula is C12H18Cl4O4. The molecular weight excluding hydrogens is 350 g/mol. The van der Waals surface area contributed by atoms with Crippen LogP contribution >= 0.6 is 46.4 Å². The molecule has 2 unspecified atom stereocenters. The van der Waals surface area contributed by atoms with E-state index in [1.165, 1.54) is 0 Å². The fraction of sp³-hybridized carbons (Fsp3) is 0.833. The van der Waals surface area contributed by atoms with Crippen LogP contribution in [0.25, 0.3) is 0 Å². The number of hydrogen-bond donors (Lipinski definition) is 0. The normalized spacial score (nSPS) is 13.6. The van der Waals surface area contributed by atoms with E-state index in [9.17, 15) is 9.59 Å². The summed E-state index contributed by atoms with van der Waals surface area (Å²) in [6.07, 6.45) is 1.56. The molecule has 0 aromatic heterocycles. The van der Waals surface area contributed by atoms with Crippen molar-refractivity contribution in [2.45, 2.75) is 36.4 Å². The minimum atomic E-state index is -0.374. The summed E-state index contributed by atoms with van der Waals surface area (Å²) in [6, 6.07) is 0. The van der Waals surface area contributed by atoms with Gasteiger partial charge in [0.2, 0.25) is 0 Å². The largest absolute Gasteiger partial charge is 0.464 e. The molecule has 0 amide bonds. The lowest BCUT2D eigenvalue weighted by Crippen LogP contribution is -2.16. The van der Waals surface area contributed by atoms with Crippen molar-refractivity contribution in [1.29, 1.82) is 0 Å². The van der Waals surface area contributed by atoms with Gasteiger partial charge in [0, 0.05) is 24.6 Å². The van der Waals surface area contributed by atoms with E-state index in [4.69, 9.17) is 55.9 Å². The Kier molecular flexibility index (Phi) is 12.9. The molecule has 8 heteroatoms. The van der Waals surface area contributed by atoms with Gasteiger partial charge in [0.05, 0.1) is 10.8 Å². The summed E-state index contributed by atoms with van der Waals surface area (Å²) in [5, 5.41) is -0.748. The maximum atomic E-state index is 11.3. The van der Waals surface area contributed by atoms with Gasteiger partial charge in [-0.15, -0.1) is 46.4 Å². The number of halogens is 4. The summed E-state index contributed by atoms with van der Waals surface area (Å²) in [6.45, 7) is 0.197. The third kappa shape index (κ3) is 11.9. The number of carbonyl (C=O) groups is 2. The SMILES string of the molecule is O=C(CCCCC(=O)OCC(Cl)CCl)OCC(Cl)CCl. The third-order valence-corrected chi connectivity index (χ3v) is 3.82. The molecule has 0 aliphatic carbocycles. The lowest BCUT2D eigenvalue weighted by molar-refractivity contribution is -0.145. The van der Waals surface area contributed by atoms with E-state index in [1.54, 1.807) is 0 Å². The Morgan fingerprint density at radius 3 is 1.45 bits per heavy atom. The van der Waals surface area contributed by atoms with Gasteiger partial charge in [0.25, 0.3) is 0 Å². The number of ether oxygens (including phenoxy) is 2. The Hall–Kier alpha value is 0.1000. The first-order valence-electron chi connectivity index (χ1n) is 6.20. The van der Waals surface area contributed by atoms with E-state index in [1.807, 2.05) is 0 Å². The van der Waals surface area contributed by atoms with Gasteiger partial charge in [0.1, 0.15) is 13.2 Å². The molecule has 0 radical (unpaired) electrons. The summed E-state index contributed by atoms with van der Waals surface area (Å²) in [7, 11) is 0. The molecule has 0 rings (SSSR count). The maximum absolute atomic E-state index is 11.3. The third-order valence-electron chi connectivity index (χ3n) is 2.20. The summed E-state index contributed by atoms with van der Waals surface area (Å²) in [5.41, 5.74) is 0. The first-order valence-corrected chi connectivity index (χ1v) is 8.15. The monoisotopic (exact) mass is 366 g/mol. The molecule has 0 N–H and O–H groups in total. The highest BCUT2D eigenvalue weighted by atomic mass is 35.5. The van der Waals surface area contributed by atoms with Crippen LogP contribution in [-0.4, -0.2) is 47.7 Å². The van der Waals surface area contributed by atoms with Crippen molar-refractivity contribution in [1.82, 2.24) is 0 Å². The second-order valence-corrected chi connectivity index (χ2v) is 5.93. The van der Waals surface area contributed by atoms with Crippen LogP contribution in [0.1, 0.15) is 25.7 Å². The van der Waals surface area contributed by atoms with Gasteiger partial charge in [-0.05, 0) is 12.8 Å². The minimum absolute atomic E-state index is 0.0987. The Morgan fingerprint density at radius 1 is 0.800 bits per heavy atom. The molecule has 4 nitrogen and oxygen atoms in total. The lowest BCUT2D eigenvalue weighted by atomic mass is 10.2. The number of esters is 2. The Labute approximate surface area is 139 Å². The van der Waals surface area contributed by atoms with Crippen LogP contribution in [0.15, 0.2) is 0 Å². The maximum Gasteiger partial charge on any atom is 0.305 e. The number of rotatable bonds is 11. The van der Waals surface area contributed by atoms with Gasteiger partial charge in [-0.2, -0.15) is 0 Å². The minimum Gasteiger partial charge on any atom is -0.464 e. The zero-order valence-electron chi connectivity index (χ0n) is 11.0. The lowest BCUT2D eigenvalue weighted by Gasteiger charge is -2.08. The molecule has 0 heterocycles. The van der Waals surface area contributed by atoms with E-state index in [0.29, 0.717) is 12.8 Å². The highest BCUT2D eigenvalue weighted by Crippen LogP contribution is 2.06. The topological polar surface area (TPSA) is 52.6 Å². The molecule has 2 atom stereocenters. The standard InChI is InChI=1S/C12H18Cl4O4/c13-5-9(15)7-19-11(17)3-1-2-4-12(18)20-8-10(16)6-14/h9-10H,1-8H2. The van der Waals surface area contributed by atoms with Gasteiger partial charge >= 0.3 is 11.9 Å². The molecule has 0 aromatic carbocycles. The van der Waals surface area contributed by atoms with E-state index in [2.05, 4.69) is 0 Å². The van der Waals surface area contributed by atoms with Gasteiger partial charge in [-0.25, -0.2) is 0 Å². The predicted octanol–water partition coefficient (Wildman–Crippen LogP) is 3.33. The van der Waals surface area contributed by atoms with Crippen molar-refractivity contribution in [2.75, 3.05) is 25.0 Å². The van der Waals surface area contributed by atoms with Crippen molar-refractivity contribution in [3.8, 4) is 0 Å². The number of carbonyl (C=O) groups excluding carboxylic acids is 2. The van der Waals surface area contributed by atoms with Crippen molar-refractivity contribution in [3.05, 3.63) is 0 Å². The smallest absolute Gasteiger partial charge is 0.305 e. The molecule has 118 valence electrons. The van der Waals surface area contributed by atoms with Crippen LogP contribution in [0.2, 0.25) is 0 Å². The first-order chi connectivity index (χ1) is 9.49.